The number of nitrogens with zero attached hydrogens (tertiary/aromatic N) is 3. The number of morpholine rings is 1. The molecule has 1 aliphatic rings. The minimum Gasteiger partial charge on any atom is -0.378 e. The summed E-state index contributed by atoms with van der Waals surface area (Å²) >= 11 is 0. The van der Waals surface area contributed by atoms with E-state index in [-0.39, 0.29) is 11.8 Å². The monoisotopic (exact) mass is 325 g/mol. The van der Waals surface area contributed by atoms with Gasteiger partial charge in [-0.05, 0) is 37.6 Å². The molecule has 24 heavy (non-hydrogen) atoms. The Kier molecular flexibility index (Phi) is 5.11. The average molecular weight is 325 g/mol. The van der Waals surface area contributed by atoms with Crippen molar-refractivity contribution in [2.45, 2.75) is 19.9 Å². The van der Waals surface area contributed by atoms with E-state index >= 15 is 0 Å². The Morgan fingerprint density at radius 2 is 1.92 bits per heavy atom. The van der Waals surface area contributed by atoms with Crippen molar-refractivity contribution in [2.75, 3.05) is 31.2 Å². The van der Waals surface area contributed by atoms with Gasteiger partial charge in [0.2, 0.25) is 0 Å². The molecule has 1 aromatic carbocycles. The van der Waals surface area contributed by atoms with Gasteiger partial charge < -0.3 is 9.64 Å². The van der Waals surface area contributed by atoms with E-state index in [0.29, 0.717) is 5.56 Å². The van der Waals surface area contributed by atoms with Crippen LogP contribution in [0.1, 0.15) is 35.8 Å². The molecule has 0 unspecified atom stereocenters. The molecule has 5 heteroatoms. The van der Waals surface area contributed by atoms with Gasteiger partial charge >= 0.3 is 0 Å². The lowest BCUT2D eigenvalue weighted by molar-refractivity contribution is 0.104. The average Bonchev–Trinajstić information content (AvgIpc) is 3.11. The molecule has 2 aromatic rings. The summed E-state index contributed by atoms with van der Waals surface area (Å²) in [6.07, 6.45) is 6.86. The summed E-state index contributed by atoms with van der Waals surface area (Å²) in [4.78, 5) is 14.5. The number of ketones is 1. The van der Waals surface area contributed by atoms with Gasteiger partial charge in [0.05, 0.1) is 25.0 Å². The minimum absolute atomic E-state index is 0.0286. The van der Waals surface area contributed by atoms with Crippen molar-refractivity contribution in [1.82, 2.24) is 9.78 Å². The fraction of sp³-hybridized carbons (Fsp3) is 0.368. The second-order valence-corrected chi connectivity index (χ2v) is 6.19. The topological polar surface area (TPSA) is 47.4 Å². The highest BCUT2D eigenvalue weighted by atomic mass is 16.5. The molecule has 2 heterocycles. The third-order valence-electron chi connectivity index (χ3n) is 4.11. The van der Waals surface area contributed by atoms with Crippen LogP contribution in [0.15, 0.2) is 42.7 Å². The summed E-state index contributed by atoms with van der Waals surface area (Å²) in [6.45, 7) is 7.47. The first kappa shape index (κ1) is 16.5. The maximum absolute atomic E-state index is 12.2. The van der Waals surface area contributed by atoms with E-state index < -0.39 is 0 Å². The Bertz CT molecular complexity index is 710. The number of allylic oxidation sites excluding steroid dienone is 1. The lowest BCUT2D eigenvalue weighted by Gasteiger charge is -2.28. The van der Waals surface area contributed by atoms with E-state index in [9.17, 15) is 4.79 Å². The van der Waals surface area contributed by atoms with Crippen LogP contribution in [0.4, 0.5) is 5.69 Å². The number of hydrogen-bond donors (Lipinski definition) is 0. The van der Waals surface area contributed by atoms with Crippen molar-refractivity contribution >= 4 is 17.5 Å². The molecule has 1 fully saturated rings. The lowest BCUT2D eigenvalue weighted by atomic mass is 10.1. The predicted molar refractivity (Wildman–Crippen MR) is 95.5 cm³/mol. The van der Waals surface area contributed by atoms with E-state index in [0.717, 1.165) is 31.9 Å². The van der Waals surface area contributed by atoms with Crippen LogP contribution < -0.4 is 4.90 Å². The first-order chi connectivity index (χ1) is 11.6. The first-order valence-electron chi connectivity index (χ1n) is 8.33. The van der Waals surface area contributed by atoms with Gasteiger partial charge in [0.1, 0.15) is 0 Å². The number of ether oxygens (including phenoxy) is 1. The molecule has 0 spiro atoms. The molecule has 0 N–H and O–H groups in total. The normalized spacial score (nSPS) is 15.4. The molecule has 126 valence electrons. The van der Waals surface area contributed by atoms with E-state index in [4.69, 9.17) is 4.74 Å². The van der Waals surface area contributed by atoms with Crippen molar-refractivity contribution in [2.24, 2.45) is 0 Å². The second kappa shape index (κ2) is 7.45. The quantitative estimate of drug-likeness (QED) is 0.626. The molecule has 0 atom stereocenters. The Morgan fingerprint density at radius 1 is 1.21 bits per heavy atom. The largest absolute Gasteiger partial charge is 0.378 e. The number of hydrogen-bond acceptors (Lipinski definition) is 4. The van der Waals surface area contributed by atoms with Crippen molar-refractivity contribution in [1.29, 1.82) is 0 Å². The molecule has 3 rings (SSSR count). The molecule has 1 saturated heterocycles. The van der Waals surface area contributed by atoms with Crippen LogP contribution in [-0.4, -0.2) is 41.9 Å². The molecule has 0 aliphatic carbocycles. The zero-order valence-corrected chi connectivity index (χ0v) is 14.2. The van der Waals surface area contributed by atoms with Gasteiger partial charge in [-0.1, -0.05) is 18.2 Å². The van der Waals surface area contributed by atoms with Crippen LogP contribution in [0.3, 0.4) is 0 Å². The zero-order valence-electron chi connectivity index (χ0n) is 14.2. The summed E-state index contributed by atoms with van der Waals surface area (Å²) in [5.41, 5.74) is 2.82. The molecule has 1 aliphatic heterocycles. The number of rotatable bonds is 5. The molecular weight excluding hydrogens is 302 g/mol. The van der Waals surface area contributed by atoms with Crippen molar-refractivity contribution < 1.29 is 9.53 Å². The number of benzene rings is 1. The molecule has 5 nitrogen and oxygen atoms in total. The molecule has 0 amide bonds. The summed E-state index contributed by atoms with van der Waals surface area (Å²) in [7, 11) is 0. The fourth-order valence-electron chi connectivity index (χ4n) is 2.63. The SMILES string of the molecule is CC(C)n1cc(C(=O)/C=C\c2ccc(N3CCOCC3)cc2)cn1. The van der Waals surface area contributed by atoms with E-state index in [1.54, 1.807) is 23.2 Å². The van der Waals surface area contributed by atoms with Gasteiger partial charge in [0, 0.05) is 31.0 Å². The van der Waals surface area contributed by atoms with Crippen LogP contribution in [0, 0.1) is 0 Å². The van der Waals surface area contributed by atoms with Crippen LogP contribution in [0.2, 0.25) is 0 Å². The van der Waals surface area contributed by atoms with E-state index in [2.05, 4.69) is 22.1 Å². The van der Waals surface area contributed by atoms with Gasteiger partial charge in [-0.2, -0.15) is 5.10 Å². The Hall–Kier alpha value is -2.40. The van der Waals surface area contributed by atoms with E-state index in [1.165, 1.54) is 5.69 Å². The third kappa shape index (κ3) is 3.92. The van der Waals surface area contributed by atoms with Crippen molar-refractivity contribution in [3.63, 3.8) is 0 Å². The molecule has 0 saturated carbocycles. The van der Waals surface area contributed by atoms with Gasteiger partial charge in [0.15, 0.2) is 5.78 Å². The van der Waals surface area contributed by atoms with Crippen LogP contribution in [0.5, 0.6) is 0 Å². The second-order valence-electron chi connectivity index (χ2n) is 6.19. The Morgan fingerprint density at radius 3 is 2.54 bits per heavy atom. The number of aromatic nitrogens is 2. The smallest absolute Gasteiger partial charge is 0.189 e. The summed E-state index contributed by atoms with van der Waals surface area (Å²) in [5.74, 6) is -0.0286. The molecular formula is C19H23N3O2. The Labute approximate surface area is 142 Å². The molecule has 0 bridgehead atoms. The van der Waals surface area contributed by atoms with Crippen LogP contribution in [0.25, 0.3) is 6.08 Å². The first-order valence-corrected chi connectivity index (χ1v) is 8.33. The highest BCUT2D eigenvalue weighted by Crippen LogP contribution is 2.17. The fourth-order valence-corrected chi connectivity index (χ4v) is 2.63. The molecule has 0 radical (unpaired) electrons. The summed E-state index contributed by atoms with van der Waals surface area (Å²) < 4.78 is 7.16. The van der Waals surface area contributed by atoms with Gasteiger partial charge in [-0.25, -0.2) is 0 Å². The minimum atomic E-state index is -0.0286. The van der Waals surface area contributed by atoms with Crippen molar-refractivity contribution in [3.8, 4) is 0 Å². The molecule has 1 aromatic heterocycles. The lowest BCUT2D eigenvalue weighted by Crippen LogP contribution is -2.36. The van der Waals surface area contributed by atoms with E-state index in [1.807, 2.05) is 32.1 Å². The standard InChI is InChI=1S/C19H23N3O2/c1-15(2)22-14-17(13-20-22)19(23)8-5-16-3-6-18(7-4-16)21-9-11-24-12-10-21/h3-8,13-15H,9-12H2,1-2H3/b8-5-. The third-order valence-corrected chi connectivity index (χ3v) is 4.11. The highest BCUT2D eigenvalue weighted by molar-refractivity contribution is 6.06. The number of anilines is 1. The van der Waals surface area contributed by atoms with Crippen LogP contribution >= 0.6 is 0 Å². The van der Waals surface area contributed by atoms with Gasteiger partial charge in [0.25, 0.3) is 0 Å². The van der Waals surface area contributed by atoms with Crippen molar-refractivity contribution in [3.05, 3.63) is 53.9 Å². The predicted octanol–water partition coefficient (Wildman–Crippen LogP) is 3.20. The van der Waals surface area contributed by atoms with Gasteiger partial charge in [-0.15, -0.1) is 0 Å². The maximum Gasteiger partial charge on any atom is 0.189 e. The van der Waals surface area contributed by atoms with Crippen LogP contribution in [-0.2, 0) is 4.74 Å². The summed E-state index contributed by atoms with van der Waals surface area (Å²) in [6, 6.07) is 8.50. The summed E-state index contributed by atoms with van der Waals surface area (Å²) in [5, 5.41) is 4.20. The zero-order chi connectivity index (χ0) is 16.9. The maximum atomic E-state index is 12.2. The number of carbonyl (C=O) groups excluding carboxylic acids is 1. The number of carbonyl (C=O) groups is 1. The van der Waals surface area contributed by atoms with Gasteiger partial charge in [-0.3, -0.25) is 9.48 Å². The Balaban J connectivity index is 1.64. The highest BCUT2D eigenvalue weighted by Gasteiger charge is 2.10.